The standard InChI is InChI=1S/C11H17N3O/c12-5-11(6-15-7-11)10-13-4-9(14-10)8-2-1-3-8/h4,8H,1-3,5-7,12H2,(H,13,14). The molecule has 0 spiro atoms. The highest BCUT2D eigenvalue weighted by molar-refractivity contribution is 5.19. The number of nitrogens with two attached hydrogens (primary N) is 1. The lowest BCUT2D eigenvalue weighted by Gasteiger charge is -2.38. The number of nitrogens with zero attached hydrogens (tertiary/aromatic N) is 1. The third-order valence-electron chi connectivity index (χ3n) is 3.79. The molecular weight excluding hydrogens is 190 g/mol. The van der Waals surface area contributed by atoms with Crippen LogP contribution in [-0.2, 0) is 10.2 Å². The van der Waals surface area contributed by atoms with Crippen LogP contribution in [0.4, 0.5) is 0 Å². The summed E-state index contributed by atoms with van der Waals surface area (Å²) in [7, 11) is 0. The van der Waals surface area contributed by atoms with Gasteiger partial charge < -0.3 is 15.5 Å². The smallest absolute Gasteiger partial charge is 0.118 e. The Bertz CT molecular complexity index is 347. The molecule has 0 bridgehead atoms. The van der Waals surface area contributed by atoms with Crippen LogP contribution in [0.5, 0.6) is 0 Å². The van der Waals surface area contributed by atoms with Crippen LogP contribution in [-0.4, -0.2) is 29.7 Å². The maximum atomic E-state index is 5.79. The zero-order valence-corrected chi connectivity index (χ0v) is 8.83. The minimum absolute atomic E-state index is 0.0258. The van der Waals surface area contributed by atoms with Crippen molar-refractivity contribution in [2.45, 2.75) is 30.6 Å². The van der Waals surface area contributed by atoms with Crippen molar-refractivity contribution < 1.29 is 4.74 Å². The number of aromatic nitrogens is 2. The van der Waals surface area contributed by atoms with Crippen molar-refractivity contribution in [1.29, 1.82) is 0 Å². The maximum absolute atomic E-state index is 5.79. The molecule has 1 aromatic rings. The fourth-order valence-corrected chi connectivity index (χ4v) is 2.23. The Labute approximate surface area is 89.2 Å². The van der Waals surface area contributed by atoms with Gasteiger partial charge >= 0.3 is 0 Å². The van der Waals surface area contributed by atoms with Crippen LogP contribution in [0.25, 0.3) is 0 Å². The Morgan fingerprint density at radius 3 is 2.80 bits per heavy atom. The van der Waals surface area contributed by atoms with Crippen LogP contribution in [0.3, 0.4) is 0 Å². The molecule has 0 atom stereocenters. The molecule has 3 N–H and O–H groups in total. The van der Waals surface area contributed by atoms with E-state index in [1.54, 1.807) is 0 Å². The number of ether oxygens (including phenoxy) is 1. The van der Waals surface area contributed by atoms with Gasteiger partial charge in [0, 0.05) is 24.4 Å². The number of aromatic amines is 1. The molecule has 4 heteroatoms. The zero-order valence-electron chi connectivity index (χ0n) is 8.83. The molecule has 2 fully saturated rings. The van der Waals surface area contributed by atoms with Gasteiger partial charge in [-0.1, -0.05) is 6.42 Å². The van der Waals surface area contributed by atoms with E-state index in [2.05, 4.69) is 9.97 Å². The second-order valence-corrected chi connectivity index (χ2v) is 4.79. The molecule has 0 aromatic carbocycles. The molecule has 15 heavy (non-hydrogen) atoms. The predicted molar refractivity (Wildman–Crippen MR) is 56.7 cm³/mol. The fourth-order valence-electron chi connectivity index (χ4n) is 2.23. The monoisotopic (exact) mass is 207 g/mol. The number of H-pyrrole nitrogens is 1. The van der Waals surface area contributed by atoms with Crippen molar-refractivity contribution in [2.24, 2.45) is 5.73 Å². The lowest BCUT2D eigenvalue weighted by molar-refractivity contribution is -0.0590. The third-order valence-corrected chi connectivity index (χ3v) is 3.79. The molecule has 2 aliphatic rings. The zero-order chi connectivity index (χ0) is 10.3. The Hall–Kier alpha value is -0.870. The highest BCUT2D eigenvalue weighted by Crippen LogP contribution is 2.37. The normalized spacial score (nSPS) is 24.6. The first-order valence-corrected chi connectivity index (χ1v) is 5.67. The van der Waals surface area contributed by atoms with Crippen LogP contribution < -0.4 is 5.73 Å². The average molecular weight is 207 g/mol. The van der Waals surface area contributed by atoms with Gasteiger partial charge in [0.15, 0.2) is 0 Å². The summed E-state index contributed by atoms with van der Waals surface area (Å²) >= 11 is 0. The number of nitrogens with one attached hydrogen (secondary N) is 1. The molecule has 1 saturated heterocycles. The molecule has 2 heterocycles. The molecule has 1 aliphatic heterocycles. The van der Waals surface area contributed by atoms with Crippen LogP contribution in [0.15, 0.2) is 6.20 Å². The van der Waals surface area contributed by atoms with Gasteiger partial charge in [-0.25, -0.2) is 4.98 Å². The minimum atomic E-state index is -0.0258. The lowest BCUT2D eigenvalue weighted by atomic mass is 9.83. The van der Waals surface area contributed by atoms with Crippen molar-refractivity contribution in [1.82, 2.24) is 9.97 Å². The van der Waals surface area contributed by atoms with Gasteiger partial charge in [-0.3, -0.25) is 0 Å². The molecule has 82 valence electrons. The van der Waals surface area contributed by atoms with Gasteiger partial charge in [0.25, 0.3) is 0 Å². The maximum Gasteiger partial charge on any atom is 0.118 e. The number of imidazole rings is 1. The van der Waals surface area contributed by atoms with Crippen molar-refractivity contribution in [2.75, 3.05) is 19.8 Å². The van der Waals surface area contributed by atoms with Crippen molar-refractivity contribution in [3.8, 4) is 0 Å². The van der Waals surface area contributed by atoms with Gasteiger partial charge in [0.2, 0.25) is 0 Å². The van der Waals surface area contributed by atoms with E-state index in [0.29, 0.717) is 25.7 Å². The van der Waals surface area contributed by atoms with E-state index in [1.807, 2.05) is 6.20 Å². The summed E-state index contributed by atoms with van der Waals surface area (Å²) in [5, 5.41) is 0. The summed E-state index contributed by atoms with van der Waals surface area (Å²) in [4.78, 5) is 7.91. The molecular formula is C11H17N3O. The van der Waals surface area contributed by atoms with E-state index in [4.69, 9.17) is 10.5 Å². The quantitative estimate of drug-likeness (QED) is 0.774. The Morgan fingerprint density at radius 1 is 1.53 bits per heavy atom. The second-order valence-electron chi connectivity index (χ2n) is 4.79. The highest BCUT2D eigenvalue weighted by Gasteiger charge is 2.42. The average Bonchev–Trinajstić information content (AvgIpc) is 2.50. The molecule has 0 unspecified atom stereocenters. The Morgan fingerprint density at radius 2 is 2.33 bits per heavy atom. The summed E-state index contributed by atoms with van der Waals surface area (Å²) < 4.78 is 5.25. The summed E-state index contributed by atoms with van der Waals surface area (Å²) in [6.45, 7) is 2.03. The van der Waals surface area contributed by atoms with E-state index < -0.39 is 0 Å². The largest absolute Gasteiger partial charge is 0.379 e. The SMILES string of the molecule is NCC1(c2ncc(C3CCC3)[nH]2)COC1. The molecule has 1 saturated carbocycles. The van der Waals surface area contributed by atoms with Crippen LogP contribution in [0.1, 0.15) is 36.7 Å². The van der Waals surface area contributed by atoms with E-state index >= 15 is 0 Å². The van der Waals surface area contributed by atoms with Crippen LogP contribution in [0.2, 0.25) is 0 Å². The van der Waals surface area contributed by atoms with Crippen molar-refractivity contribution >= 4 is 0 Å². The summed E-state index contributed by atoms with van der Waals surface area (Å²) in [6, 6.07) is 0. The first-order valence-electron chi connectivity index (χ1n) is 5.67. The molecule has 1 aromatic heterocycles. The van der Waals surface area contributed by atoms with Gasteiger partial charge in [-0.15, -0.1) is 0 Å². The summed E-state index contributed by atoms with van der Waals surface area (Å²) in [5.74, 6) is 1.74. The molecule has 3 rings (SSSR count). The summed E-state index contributed by atoms with van der Waals surface area (Å²) in [5.41, 5.74) is 7.05. The first kappa shape index (κ1) is 9.36. The van der Waals surface area contributed by atoms with E-state index in [1.165, 1.54) is 25.0 Å². The van der Waals surface area contributed by atoms with Crippen molar-refractivity contribution in [3.05, 3.63) is 17.7 Å². The van der Waals surface area contributed by atoms with Gasteiger partial charge in [-0.2, -0.15) is 0 Å². The molecule has 0 amide bonds. The minimum Gasteiger partial charge on any atom is -0.379 e. The second kappa shape index (κ2) is 3.32. The third kappa shape index (κ3) is 1.32. The van der Waals surface area contributed by atoms with E-state index in [-0.39, 0.29) is 5.41 Å². The van der Waals surface area contributed by atoms with Gasteiger partial charge in [0.1, 0.15) is 5.82 Å². The van der Waals surface area contributed by atoms with E-state index in [9.17, 15) is 0 Å². The number of hydrogen-bond acceptors (Lipinski definition) is 3. The Kier molecular flexibility index (Phi) is 2.07. The molecule has 1 aliphatic carbocycles. The van der Waals surface area contributed by atoms with Gasteiger partial charge in [0.05, 0.1) is 18.6 Å². The van der Waals surface area contributed by atoms with Crippen LogP contribution in [0, 0.1) is 0 Å². The predicted octanol–water partition coefficient (Wildman–Crippen LogP) is 0.904. The van der Waals surface area contributed by atoms with E-state index in [0.717, 1.165) is 5.82 Å². The van der Waals surface area contributed by atoms with Crippen LogP contribution >= 0.6 is 0 Å². The molecule has 4 nitrogen and oxygen atoms in total. The highest BCUT2D eigenvalue weighted by atomic mass is 16.5. The number of hydrogen-bond donors (Lipinski definition) is 2. The Balaban J connectivity index is 1.82. The first-order chi connectivity index (χ1) is 7.34. The number of rotatable bonds is 3. The molecule has 0 radical (unpaired) electrons. The fraction of sp³-hybridized carbons (Fsp3) is 0.727. The summed E-state index contributed by atoms with van der Waals surface area (Å²) in [6.07, 6.45) is 5.93. The topological polar surface area (TPSA) is 63.9 Å². The van der Waals surface area contributed by atoms with Gasteiger partial charge in [-0.05, 0) is 12.8 Å². The van der Waals surface area contributed by atoms with Crippen molar-refractivity contribution in [3.63, 3.8) is 0 Å². The lowest BCUT2D eigenvalue weighted by Crippen LogP contribution is -2.53.